The van der Waals surface area contributed by atoms with Crippen LogP contribution in [0.15, 0.2) is 60.5 Å². The number of carbonyl (C=O) groups is 1. The van der Waals surface area contributed by atoms with Crippen molar-refractivity contribution in [3.8, 4) is 0 Å². The Balaban J connectivity index is 1.43. The highest BCUT2D eigenvalue weighted by Crippen LogP contribution is 2.18. The molecule has 4 aromatic heterocycles. The van der Waals surface area contributed by atoms with Crippen molar-refractivity contribution in [2.75, 3.05) is 5.32 Å². The van der Waals surface area contributed by atoms with Crippen LogP contribution < -0.4 is 5.32 Å². The number of nitrogens with zero attached hydrogens (tertiary/aromatic N) is 5. The zero-order valence-corrected chi connectivity index (χ0v) is 16.0. The summed E-state index contributed by atoms with van der Waals surface area (Å²) in [6, 6.07) is 9.43. The SMILES string of the molecule is Cn1ccc(/C=C/c2csc(NC(=O)c3cccn3Cc3cccnc3)n2)n1. The first-order valence-electron chi connectivity index (χ1n) is 8.66. The molecular weight excluding hydrogens is 372 g/mol. The molecule has 4 heterocycles. The summed E-state index contributed by atoms with van der Waals surface area (Å²) in [4.78, 5) is 21.2. The minimum absolute atomic E-state index is 0.191. The Morgan fingerprint density at radius 2 is 2.07 bits per heavy atom. The Kier molecular flexibility index (Phi) is 5.11. The minimum atomic E-state index is -0.191. The number of thiazole rings is 1. The molecule has 0 bridgehead atoms. The van der Waals surface area contributed by atoms with Gasteiger partial charge in [0, 0.05) is 43.8 Å². The van der Waals surface area contributed by atoms with Gasteiger partial charge in [0.15, 0.2) is 5.13 Å². The highest BCUT2D eigenvalue weighted by Gasteiger charge is 2.13. The van der Waals surface area contributed by atoms with Gasteiger partial charge in [0.05, 0.1) is 11.4 Å². The highest BCUT2D eigenvalue weighted by molar-refractivity contribution is 7.14. The average molecular weight is 390 g/mol. The second-order valence-corrected chi connectivity index (χ2v) is 7.02. The van der Waals surface area contributed by atoms with Gasteiger partial charge in [0.25, 0.3) is 5.91 Å². The fraction of sp³-hybridized carbons (Fsp3) is 0.100. The molecule has 0 saturated heterocycles. The van der Waals surface area contributed by atoms with Crippen LogP contribution in [0.1, 0.15) is 27.4 Å². The van der Waals surface area contributed by atoms with Gasteiger partial charge in [-0.3, -0.25) is 19.8 Å². The zero-order chi connectivity index (χ0) is 19.3. The molecular formula is C20H18N6OS. The third-order valence-corrected chi connectivity index (χ3v) is 4.82. The van der Waals surface area contributed by atoms with Crippen LogP contribution in [0.2, 0.25) is 0 Å². The molecule has 1 N–H and O–H groups in total. The molecule has 1 amide bonds. The second-order valence-electron chi connectivity index (χ2n) is 6.16. The van der Waals surface area contributed by atoms with E-state index in [0.29, 0.717) is 17.4 Å². The first-order chi connectivity index (χ1) is 13.7. The second kappa shape index (κ2) is 8.01. The maximum atomic E-state index is 12.7. The van der Waals surface area contributed by atoms with E-state index in [1.54, 1.807) is 23.1 Å². The van der Waals surface area contributed by atoms with Crippen LogP contribution in [0.3, 0.4) is 0 Å². The van der Waals surface area contributed by atoms with E-state index in [9.17, 15) is 4.79 Å². The molecule has 4 rings (SSSR count). The van der Waals surface area contributed by atoms with Gasteiger partial charge in [-0.25, -0.2) is 4.98 Å². The van der Waals surface area contributed by atoms with E-state index in [4.69, 9.17) is 0 Å². The van der Waals surface area contributed by atoms with Crippen LogP contribution in [-0.2, 0) is 13.6 Å². The average Bonchev–Trinajstić information content (AvgIpc) is 3.42. The molecule has 4 aromatic rings. The summed E-state index contributed by atoms with van der Waals surface area (Å²) in [6.07, 6.45) is 11.1. The van der Waals surface area contributed by atoms with E-state index < -0.39 is 0 Å². The molecule has 0 aliphatic heterocycles. The first-order valence-corrected chi connectivity index (χ1v) is 9.54. The van der Waals surface area contributed by atoms with Crippen LogP contribution in [0.4, 0.5) is 5.13 Å². The van der Waals surface area contributed by atoms with E-state index in [1.807, 2.05) is 65.8 Å². The van der Waals surface area contributed by atoms with Gasteiger partial charge in [-0.05, 0) is 42.0 Å². The van der Waals surface area contributed by atoms with Gasteiger partial charge in [-0.1, -0.05) is 6.07 Å². The normalized spacial score (nSPS) is 11.2. The minimum Gasteiger partial charge on any atom is -0.339 e. The Bertz CT molecular complexity index is 1110. The zero-order valence-electron chi connectivity index (χ0n) is 15.2. The van der Waals surface area contributed by atoms with Crippen molar-refractivity contribution in [3.63, 3.8) is 0 Å². The van der Waals surface area contributed by atoms with Gasteiger partial charge >= 0.3 is 0 Å². The summed E-state index contributed by atoms with van der Waals surface area (Å²) < 4.78 is 3.63. The molecule has 0 unspecified atom stereocenters. The summed E-state index contributed by atoms with van der Waals surface area (Å²) in [5.41, 5.74) is 3.24. The van der Waals surface area contributed by atoms with Crippen molar-refractivity contribution in [3.05, 3.63) is 83.1 Å². The molecule has 28 heavy (non-hydrogen) atoms. The standard InChI is InChI=1S/C20H18N6OS/c1-25-11-8-16(24-25)6-7-17-14-28-20(22-17)23-19(27)18-5-3-10-26(18)13-15-4-2-9-21-12-15/h2-12,14H,13H2,1H3,(H,22,23,27)/b7-6+. The van der Waals surface area contributed by atoms with Crippen LogP contribution in [0.5, 0.6) is 0 Å². The number of pyridine rings is 1. The number of aromatic nitrogens is 5. The highest BCUT2D eigenvalue weighted by atomic mass is 32.1. The lowest BCUT2D eigenvalue weighted by Crippen LogP contribution is -2.17. The largest absolute Gasteiger partial charge is 0.339 e. The summed E-state index contributed by atoms with van der Waals surface area (Å²) in [5, 5.41) is 9.61. The third-order valence-electron chi connectivity index (χ3n) is 4.04. The predicted octanol–water partition coefficient (Wildman–Crippen LogP) is 3.54. The van der Waals surface area contributed by atoms with Crippen molar-refractivity contribution < 1.29 is 4.79 Å². The van der Waals surface area contributed by atoms with E-state index >= 15 is 0 Å². The van der Waals surface area contributed by atoms with Crippen molar-refractivity contribution >= 4 is 34.5 Å². The fourth-order valence-corrected chi connectivity index (χ4v) is 3.39. The maximum Gasteiger partial charge on any atom is 0.274 e. The van der Waals surface area contributed by atoms with E-state index in [0.717, 1.165) is 17.0 Å². The number of anilines is 1. The number of hydrogen-bond acceptors (Lipinski definition) is 5. The molecule has 0 atom stereocenters. The molecule has 0 aliphatic rings. The van der Waals surface area contributed by atoms with E-state index in [-0.39, 0.29) is 5.91 Å². The Hall–Kier alpha value is -3.52. The number of rotatable bonds is 6. The molecule has 0 radical (unpaired) electrons. The molecule has 140 valence electrons. The molecule has 0 spiro atoms. The molecule has 0 saturated carbocycles. The number of hydrogen-bond donors (Lipinski definition) is 1. The fourth-order valence-electron chi connectivity index (χ4n) is 2.72. The van der Waals surface area contributed by atoms with Gasteiger partial charge in [-0.2, -0.15) is 5.10 Å². The molecule has 0 fully saturated rings. The lowest BCUT2D eigenvalue weighted by atomic mass is 10.3. The van der Waals surface area contributed by atoms with Gasteiger partial charge in [0.1, 0.15) is 5.69 Å². The number of amides is 1. The smallest absolute Gasteiger partial charge is 0.274 e. The lowest BCUT2D eigenvalue weighted by Gasteiger charge is -2.08. The number of aryl methyl sites for hydroxylation is 1. The summed E-state index contributed by atoms with van der Waals surface area (Å²) in [7, 11) is 1.87. The third kappa shape index (κ3) is 4.24. The maximum absolute atomic E-state index is 12.7. The Morgan fingerprint density at radius 3 is 2.86 bits per heavy atom. The summed E-state index contributed by atoms with van der Waals surface area (Å²) >= 11 is 1.39. The van der Waals surface area contributed by atoms with Crippen LogP contribution in [0, 0.1) is 0 Å². The summed E-state index contributed by atoms with van der Waals surface area (Å²) in [5.74, 6) is -0.191. The molecule has 8 heteroatoms. The molecule has 7 nitrogen and oxygen atoms in total. The van der Waals surface area contributed by atoms with Crippen molar-refractivity contribution in [2.24, 2.45) is 7.05 Å². The predicted molar refractivity (Wildman–Crippen MR) is 110 cm³/mol. The van der Waals surface area contributed by atoms with Crippen LogP contribution >= 0.6 is 11.3 Å². The Labute approximate surface area is 166 Å². The van der Waals surface area contributed by atoms with Gasteiger partial charge < -0.3 is 4.57 Å². The number of carbonyl (C=O) groups excluding carboxylic acids is 1. The summed E-state index contributed by atoms with van der Waals surface area (Å²) in [6.45, 7) is 0.583. The topological polar surface area (TPSA) is 77.6 Å². The van der Waals surface area contributed by atoms with Crippen molar-refractivity contribution in [2.45, 2.75) is 6.54 Å². The van der Waals surface area contributed by atoms with E-state index in [1.165, 1.54) is 11.3 Å². The first kappa shape index (κ1) is 17.9. The van der Waals surface area contributed by atoms with Crippen molar-refractivity contribution in [1.29, 1.82) is 0 Å². The van der Waals surface area contributed by atoms with Gasteiger partial charge in [-0.15, -0.1) is 11.3 Å². The van der Waals surface area contributed by atoms with Crippen LogP contribution in [0.25, 0.3) is 12.2 Å². The van der Waals surface area contributed by atoms with E-state index in [2.05, 4.69) is 20.4 Å². The van der Waals surface area contributed by atoms with Gasteiger partial charge in [0.2, 0.25) is 0 Å². The quantitative estimate of drug-likeness (QED) is 0.546. The monoisotopic (exact) mass is 390 g/mol. The lowest BCUT2D eigenvalue weighted by molar-refractivity contribution is 0.101. The van der Waals surface area contributed by atoms with Crippen LogP contribution in [-0.4, -0.2) is 30.2 Å². The molecule has 0 aromatic carbocycles. The Morgan fingerprint density at radius 1 is 1.18 bits per heavy atom. The number of nitrogens with one attached hydrogen (secondary N) is 1. The molecule has 0 aliphatic carbocycles. The van der Waals surface area contributed by atoms with Crippen molar-refractivity contribution in [1.82, 2.24) is 24.3 Å².